The maximum Gasteiger partial charge on any atom is 0.238 e. The molecule has 0 saturated carbocycles. The van der Waals surface area contributed by atoms with Crippen LogP contribution >= 0.6 is 0 Å². The number of rotatable bonds is 7. The standard InChI is InChI=1S/C22H23N5O4/c1-14(16-4-6-17(7-5-16)27-12-23-11-24-27)26(3)10-22(29)25-19-9-21-20(30-13-31-21)8-18(19)15(2)28/h4-9,11-12,14H,10,13H2,1-3H3,(H,25,29). The number of ether oxygens (including phenoxy) is 2. The summed E-state index contributed by atoms with van der Waals surface area (Å²) in [7, 11) is 1.88. The van der Waals surface area contributed by atoms with Crippen LogP contribution in [-0.2, 0) is 4.79 Å². The van der Waals surface area contributed by atoms with Crippen molar-refractivity contribution in [3.05, 3.63) is 60.2 Å². The number of hydrogen-bond donors (Lipinski definition) is 1. The molecule has 160 valence electrons. The minimum absolute atomic E-state index is 0.000391. The zero-order valence-electron chi connectivity index (χ0n) is 17.5. The SMILES string of the molecule is CC(=O)c1cc2c(cc1NC(=O)CN(C)C(C)c1ccc(-n3cncn3)cc1)OCO2. The molecule has 1 N–H and O–H groups in total. The molecule has 3 aromatic rings. The molecule has 2 heterocycles. The highest BCUT2D eigenvalue weighted by Gasteiger charge is 2.21. The number of nitrogens with one attached hydrogen (secondary N) is 1. The number of carbonyl (C=O) groups excluding carboxylic acids is 2. The van der Waals surface area contributed by atoms with E-state index in [1.165, 1.54) is 13.3 Å². The lowest BCUT2D eigenvalue weighted by atomic mass is 10.1. The predicted molar refractivity (Wildman–Crippen MR) is 114 cm³/mol. The zero-order valence-corrected chi connectivity index (χ0v) is 17.5. The van der Waals surface area contributed by atoms with Crippen LogP contribution in [-0.4, -0.2) is 51.7 Å². The average Bonchev–Trinajstić information content (AvgIpc) is 3.44. The highest BCUT2D eigenvalue weighted by atomic mass is 16.7. The Morgan fingerprint density at radius 2 is 1.90 bits per heavy atom. The molecule has 9 nitrogen and oxygen atoms in total. The Hall–Kier alpha value is -3.72. The van der Waals surface area contributed by atoms with Gasteiger partial charge < -0.3 is 14.8 Å². The van der Waals surface area contributed by atoms with Gasteiger partial charge in [0.05, 0.1) is 17.9 Å². The van der Waals surface area contributed by atoms with E-state index in [0.29, 0.717) is 22.7 Å². The van der Waals surface area contributed by atoms with Crippen molar-refractivity contribution < 1.29 is 19.1 Å². The molecule has 0 bridgehead atoms. The van der Waals surface area contributed by atoms with E-state index in [1.807, 2.05) is 43.1 Å². The topological polar surface area (TPSA) is 98.6 Å². The fourth-order valence-electron chi connectivity index (χ4n) is 3.39. The van der Waals surface area contributed by atoms with E-state index in [1.54, 1.807) is 23.1 Å². The number of amides is 1. The summed E-state index contributed by atoms with van der Waals surface area (Å²) >= 11 is 0. The van der Waals surface area contributed by atoms with Crippen molar-refractivity contribution in [3.63, 3.8) is 0 Å². The van der Waals surface area contributed by atoms with Crippen molar-refractivity contribution in [2.24, 2.45) is 0 Å². The first-order chi connectivity index (χ1) is 14.9. The molecule has 0 spiro atoms. The first-order valence-corrected chi connectivity index (χ1v) is 9.82. The first-order valence-electron chi connectivity index (χ1n) is 9.82. The lowest BCUT2D eigenvalue weighted by Gasteiger charge is -2.25. The number of nitrogens with zero attached hydrogens (tertiary/aromatic N) is 4. The van der Waals surface area contributed by atoms with Gasteiger partial charge >= 0.3 is 0 Å². The molecule has 1 amide bonds. The number of likely N-dealkylation sites (N-methyl/N-ethyl adjacent to an activating group) is 1. The maximum absolute atomic E-state index is 12.7. The summed E-state index contributed by atoms with van der Waals surface area (Å²) in [5.41, 5.74) is 2.78. The Morgan fingerprint density at radius 3 is 2.55 bits per heavy atom. The van der Waals surface area contributed by atoms with Gasteiger partial charge in [-0.25, -0.2) is 9.67 Å². The number of hydrogen-bond acceptors (Lipinski definition) is 7. The van der Waals surface area contributed by atoms with E-state index in [9.17, 15) is 9.59 Å². The van der Waals surface area contributed by atoms with Gasteiger partial charge in [-0.05, 0) is 44.7 Å². The third kappa shape index (κ3) is 4.41. The maximum atomic E-state index is 12.7. The van der Waals surface area contributed by atoms with Crippen LogP contribution in [0.1, 0.15) is 35.8 Å². The summed E-state index contributed by atoms with van der Waals surface area (Å²) < 4.78 is 12.4. The van der Waals surface area contributed by atoms with Gasteiger partial charge in [-0.2, -0.15) is 5.10 Å². The molecule has 0 aliphatic carbocycles. The van der Waals surface area contributed by atoms with Crippen molar-refractivity contribution in [2.45, 2.75) is 19.9 Å². The van der Waals surface area contributed by atoms with Crippen LogP contribution in [0.25, 0.3) is 5.69 Å². The van der Waals surface area contributed by atoms with Crippen molar-refractivity contribution in [3.8, 4) is 17.2 Å². The van der Waals surface area contributed by atoms with Gasteiger partial charge in [-0.15, -0.1) is 0 Å². The molecule has 1 unspecified atom stereocenters. The molecule has 9 heteroatoms. The minimum atomic E-state index is -0.227. The Labute approximate surface area is 179 Å². The molecule has 2 aromatic carbocycles. The lowest BCUT2D eigenvalue weighted by molar-refractivity contribution is -0.117. The Morgan fingerprint density at radius 1 is 1.19 bits per heavy atom. The van der Waals surface area contributed by atoms with E-state index >= 15 is 0 Å². The van der Waals surface area contributed by atoms with Crippen LogP contribution in [0.5, 0.6) is 11.5 Å². The minimum Gasteiger partial charge on any atom is -0.454 e. The molecule has 0 fully saturated rings. The summed E-state index contributed by atoms with van der Waals surface area (Å²) in [5, 5.41) is 6.95. The van der Waals surface area contributed by atoms with Gasteiger partial charge in [-0.1, -0.05) is 12.1 Å². The lowest BCUT2D eigenvalue weighted by Crippen LogP contribution is -2.32. The van der Waals surface area contributed by atoms with Gasteiger partial charge in [0, 0.05) is 17.7 Å². The van der Waals surface area contributed by atoms with E-state index in [4.69, 9.17) is 9.47 Å². The number of anilines is 1. The number of aromatic nitrogens is 3. The molecule has 0 saturated heterocycles. The van der Waals surface area contributed by atoms with Crippen LogP contribution in [0.4, 0.5) is 5.69 Å². The van der Waals surface area contributed by atoms with E-state index in [2.05, 4.69) is 15.4 Å². The smallest absolute Gasteiger partial charge is 0.238 e. The van der Waals surface area contributed by atoms with Crippen molar-refractivity contribution in [2.75, 3.05) is 25.7 Å². The average molecular weight is 421 g/mol. The first kappa shape index (κ1) is 20.5. The van der Waals surface area contributed by atoms with Crippen LogP contribution in [0.15, 0.2) is 49.1 Å². The second-order valence-corrected chi connectivity index (χ2v) is 7.38. The highest BCUT2D eigenvalue weighted by Crippen LogP contribution is 2.37. The van der Waals surface area contributed by atoms with Gasteiger partial charge in [0.1, 0.15) is 12.7 Å². The number of carbonyl (C=O) groups is 2. The fourth-order valence-corrected chi connectivity index (χ4v) is 3.39. The monoisotopic (exact) mass is 421 g/mol. The molecule has 31 heavy (non-hydrogen) atoms. The van der Waals surface area contributed by atoms with Gasteiger partial charge in [0.25, 0.3) is 0 Å². The molecular formula is C22H23N5O4. The summed E-state index contributed by atoms with van der Waals surface area (Å²) in [6, 6.07) is 11.1. The highest BCUT2D eigenvalue weighted by molar-refractivity contribution is 6.05. The Balaban J connectivity index is 1.42. The number of fused-ring (bicyclic) bond motifs is 1. The van der Waals surface area contributed by atoms with Crippen molar-refractivity contribution >= 4 is 17.4 Å². The third-order valence-corrected chi connectivity index (χ3v) is 5.28. The third-order valence-electron chi connectivity index (χ3n) is 5.28. The number of benzene rings is 2. The van der Waals surface area contributed by atoms with Crippen LogP contribution in [0.3, 0.4) is 0 Å². The summed E-state index contributed by atoms with van der Waals surface area (Å²) in [4.78, 5) is 30.6. The Bertz CT molecular complexity index is 1100. The molecule has 1 aliphatic heterocycles. The number of Topliss-reactive ketones (excluding diaryl/α,β-unsaturated/α-hetero) is 1. The quantitative estimate of drug-likeness (QED) is 0.586. The van der Waals surface area contributed by atoms with Gasteiger partial charge in [-0.3, -0.25) is 14.5 Å². The molecule has 4 rings (SSSR count). The van der Waals surface area contributed by atoms with Crippen molar-refractivity contribution in [1.29, 1.82) is 0 Å². The summed E-state index contributed by atoms with van der Waals surface area (Å²) in [6.07, 6.45) is 3.13. The largest absolute Gasteiger partial charge is 0.454 e. The second-order valence-electron chi connectivity index (χ2n) is 7.38. The molecule has 1 aliphatic rings. The second kappa shape index (κ2) is 8.57. The summed E-state index contributed by atoms with van der Waals surface area (Å²) in [5.74, 6) is 0.621. The van der Waals surface area contributed by atoms with Crippen LogP contribution < -0.4 is 14.8 Å². The van der Waals surface area contributed by atoms with E-state index < -0.39 is 0 Å². The van der Waals surface area contributed by atoms with Gasteiger partial charge in [0.2, 0.25) is 12.7 Å². The van der Waals surface area contributed by atoms with Crippen LogP contribution in [0, 0.1) is 0 Å². The normalized spacial score (nSPS) is 13.3. The zero-order chi connectivity index (χ0) is 22.0. The predicted octanol–water partition coefficient (Wildman–Crippen LogP) is 2.83. The van der Waals surface area contributed by atoms with Gasteiger partial charge in [0.15, 0.2) is 17.3 Å². The number of ketones is 1. The summed E-state index contributed by atoms with van der Waals surface area (Å²) in [6.45, 7) is 3.72. The van der Waals surface area contributed by atoms with E-state index in [-0.39, 0.29) is 31.1 Å². The van der Waals surface area contributed by atoms with Crippen LogP contribution in [0.2, 0.25) is 0 Å². The molecular weight excluding hydrogens is 398 g/mol. The van der Waals surface area contributed by atoms with E-state index in [0.717, 1.165) is 11.3 Å². The Kier molecular flexibility index (Phi) is 5.68. The molecule has 0 radical (unpaired) electrons. The van der Waals surface area contributed by atoms with Crippen molar-refractivity contribution in [1.82, 2.24) is 19.7 Å². The fraction of sp³-hybridized carbons (Fsp3) is 0.273. The molecule has 1 aromatic heterocycles. The molecule has 1 atom stereocenters.